The molecule has 0 aromatic heterocycles. The van der Waals surface area contributed by atoms with Crippen LogP contribution in [0.15, 0.2) is 17.0 Å². The molecule has 1 heterocycles. The van der Waals surface area contributed by atoms with Gasteiger partial charge in [0.05, 0.1) is 17.4 Å². The Morgan fingerprint density at radius 3 is 2.76 bits per heavy atom. The molecular weight excluding hydrogens is 290 g/mol. The van der Waals surface area contributed by atoms with Gasteiger partial charge in [0.2, 0.25) is 10.0 Å². The summed E-state index contributed by atoms with van der Waals surface area (Å²) < 4.78 is 38.3. The van der Waals surface area contributed by atoms with Crippen molar-refractivity contribution in [3.05, 3.63) is 22.2 Å². The molecule has 94 valence electrons. The van der Waals surface area contributed by atoms with E-state index < -0.39 is 16.7 Å². The van der Waals surface area contributed by atoms with Gasteiger partial charge in [-0.2, -0.15) is 4.72 Å². The molecule has 1 N–H and O–H groups in total. The zero-order valence-corrected chi connectivity index (χ0v) is 10.9. The predicted octanol–water partition coefficient (Wildman–Crippen LogP) is 2.02. The molecule has 1 aliphatic heterocycles. The lowest BCUT2D eigenvalue weighted by Gasteiger charge is -2.31. The van der Waals surface area contributed by atoms with Gasteiger partial charge >= 0.3 is 0 Å². The maximum Gasteiger partial charge on any atom is 0.245 e. The summed E-state index contributed by atoms with van der Waals surface area (Å²) in [6, 6.07) is 2.82. The monoisotopic (exact) mass is 298 g/mol. The van der Waals surface area contributed by atoms with Crippen LogP contribution in [0.4, 0.5) is 10.1 Å². The standard InChI is InChI=1S/C9H9Cl2FN2O2S/c10-6-3-7(11)9-8(4-6)14(2-1-12)5-13-17(9,15)16/h3-4,13H,1-2,5H2. The fraction of sp³-hybridized carbons (Fsp3) is 0.333. The topological polar surface area (TPSA) is 49.4 Å². The number of nitrogens with zero attached hydrogens (tertiary/aromatic N) is 1. The van der Waals surface area contributed by atoms with E-state index in [1.165, 1.54) is 17.0 Å². The Balaban J connectivity index is 2.64. The average molecular weight is 299 g/mol. The normalized spacial score (nSPS) is 17.9. The second-order valence-electron chi connectivity index (χ2n) is 3.49. The van der Waals surface area contributed by atoms with Crippen molar-refractivity contribution in [1.82, 2.24) is 4.72 Å². The van der Waals surface area contributed by atoms with Crippen molar-refractivity contribution < 1.29 is 12.8 Å². The Hall–Kier alpha value is -0.560. The Morgan fingerprint density at radius 2 is 2.12 bits per heavy atom. The van der Waals surface area contributed by atoms with Crippen LogP contribution in [0.1, 0.15) is 0 Å². The molecule has 0 fully saturated rings. The minimum absolute atomic E-state index is 0.00985. The zero-order chi connectivity index (χ0) is 12.6. The van der Waals surface area contributed by atoms with Crippen molar-refractivity contribution in [2.45, 2.75) is 4.90 Å². The second kappa shape index (κ2) is 4.61. The van der Waals surface area contributed by atoms with E-state index in [2.05, 4.69) is 4.72 Å². The van der Waals surface area contributed by atoms with Crippen LogP contribution in [0.25, 0.3) is 0 Å². The molecule has 0 amide bonds. The summed E-state index contributed by atoms with van der Waals surface area (Å²) in [6.45, 7) is -0.507. The number of anilines is 1. The largest absolute Gasteiger partial charge is 0.354 e. The molecule has 1 aromatic rings. The van der Waals surface area contributed by atoms with Gasteiger partial charge < -0.3 is 4.90 Å². The molecule has 0 radical (unpaired) electrons. The molecule has 0 unspecified atom stereocenters. The molecule has 0 saturated carbocycles. The summed E-state index contributed by atoms with van der Waals surface area (Å²) in [6.07, 6.45) is 0. The molecule has 0 aliphatic carbocycles. The number of sulfonamides is 1. The lowest BCUT2D eigenvalue weighted by atomic mass is 10.3. The van der Waals surface area contributed by atoms with Crippen molar-refractivity contribution in [3.63, 3.8) is 0 Å². The van der Waals surface area contributed by atoms with E-state index in [-0.39, 0.29) is 23.1 Å². The molecule has 0 spiro atoms. The van der Waals surface area contributed by atoms with E-state index in [1.54, 1.807) is 0 Å². The van der Waals surface area contributed by atoms with Crippen LogP contribution in [-0.2, 0) is 10.0 Å². The van der Waals surface area contributed by atoms with Crippen molar-refractivity contribution in [2.24, 2.45) is 0 Å². The molecule has 4 nitrogen and oxygen atoms in total. The molecular formula is C9H9Cl2FN2O2S. The van der Waals surface area contributed by atoms with Gasteiger partial charge in [-0.15, -0.1) is 0 Å². The van der Waals surface area contributed by atoms with E-state index >= 15 is 0 Å². The number of fused-ring (bicyclic) bond motifs is 1. The molecule has 0 saturated heterocycles. The third-order valence-corrected chi connectivity index (χ3v) is 4.50. The Kier molecular flexibility index (Phi) is 3.49. The van der Waals surface area contributed by atoms with Gasteiger partial charge in [0.25, 0.3) is 0 Å². The number of halogens is 3. The Labute approximate surface area is 108 Å². The van der Waals surface area contributed by atoms with Crippen molar-refractivity contribution in [2.75, 3.05) is 24.8 Å². The molecule has 0 atom stereocenters. The van der Waals surface area contributed by atoms with E-state index in [9.17, 15) is 12.8 Å². The van der Waals surface area contributed by atoms with E-state index in [0.29, 0.717) is 10.7 Å². The highest BCUT2D eigenvalue weighted by atomic mass is 35.5. The maximum atomic E-state index is 12.4. The Morgan fingerprint density at radius 1 is 1.41 bits per heavy atom. The molecule has 1 aromatic carbocycles. The lowest BCUT2D eigenvalue weighted by molar-refractivity contribution is 0.483. The van der Waals surface area contributed by atoms with Crippen LogP contribution >= 0.6 is 23.2 Å². The number of nitrogens with one attached hydrogen (secondary N) is 1. The minimum Gasteiger partial charge on any atom is -0.354 e. The first kappa shape index (κ1) is 12.9. The highest BCUT2D eigenvalue weighted by molar-refractivity contribution is 7.89. The summed E-state index contributed by atoms with van der Waals surface area (Å²) in [5, 5.41) is 0.346. The maximum absolute atomic E-state index is 12.4. The fourth-order valence-electron chi connectivity index (χ4n) is 1.67. The molecule has 2 rings (SSSR count). The van der Waals surface area contributed by atoms with Crippen molar-refractivity contribution in [1.29, 1.82) is 0 Å². The summed E-state index contributed by atoms with van der Waals surface area (Å²) >= 11 is 11.7. The molecule has 8 heteroatoms. The van der Waals surface area contributed by atoms with Gasteiger partial charge in [-0.25, -0.2) is 12.8 Å². The third kappa shape index (κ3) is 2.35. The molecule has 0 bridgehead atoms. The average Bonchev–Trinajstić information content (AvgIpc) is 2.21. The van der Waals surface area contributed by atoms with Gasteiger partial charge in [0.1, 0.15) is 11.6 Å². The number of alkyl halides is 1. The zero-order valence-electron chi connectivity index (χ0n) is 8.58. The first-order valence-electron chi connectivity index (χ1n) is 4.75. The quantitative estimate of drug-likeness (QED) is 0.909. The molecule has 1 aliphatic rings. The smallest absolute Gasteiger partial charge is 0.245 e. The first-order chi connectivity index (χ1) is 7.95. The third-order valence-electron chi connectivity index (χ3n) is 2.40. The number of rotatable bonds is 2. The fourth-order valence-corrected chi connectivity index (χ4v) is 3.71. The summed E-state index contributed by atoms with van der Waals surface area (Å²) in [7, 11) is -3.65. The second-order valence-corrected chi connectivity index (χ2v) is 6.04. The lowest BCUT2D eigenvalue weighted by Crippen LogP contribution is -2.44. The van der Waals surface area contributed by atoms with Crippen LogP contribution < -0.4 is 9.62 Å². The highest BCUT2D eigenvalue weighted by Crippen LogP contribution is 2.37. The van der Waals surface area contributed by atoms with E-state index in [0.717, 1.165) is 0 Å². The summed E-state index contributed by atoms with van der Waals surface area (Å²) in [4.78, 5) is 1.48. The first-order valence-corrected chi connectivity index (χ1v) is 6.99. The number of hydrogen-bond donors (Lipinski definition) is 1. The summed E-state index contributed by atoms with van der Waals surface area (Å²) in [5.74, 6) is 0. The van der Waals surface area contributed by atoms with Gasteiger partial charge in [-0.1, -0.05) is 23.2 Å². The van der Waals surface area contributed by atoms with E-state index in [1.807, 2.05) is 0 Å². The van der Waals surface area contributed by atoms with Crippen LogP contribution in [0.2, 0.25) is 10.0 Å². The highest BCUT2D eigenvalue weighted by Gasteiger charge is 2.30. The number of benzene rings is 1. The minimum atomic E-state index is -3.65. The van der Waals surface area contributed by atoms with E-state index in [4.69, 9.17) is 23.2 Å². The SMILES string of the molecule is O=S1(=O)NCN(CCF)c2cc(Cl)cc(Cl)c21. The van der Waals surface area contributed by atoms with Gasteiger partial charge in [0.15, 0.2) is 0 Å². The van der Waals surface area contributed by atoms with Gasteiger partial charge in [0, 0.05) is 11.6 Å². The molecule has 17 heavy (non-hydrogen) atoms. The van der Waals surface area contributed by atoms with Crippen molar-refractivity contribution >= 4 is 38.9 Å². The Bertz CT molecular complexity index is 550. The summed E-state index contributed by atoms with van der Waals surface area (Å²) in [5.41, 5.74) is 0.332. The van der Waals surface area contributed by atoms with Crippen LogP contribution in [0, 0.1) is 0 Å². The van der Waals surface area contributed by atoms with Gasteiger partial charge in [-0.05, 0) is 12.1 Å². The van der Waals surface area contributed by atoms with Crippen LogP contribution in [0.5, 0.6) is 0 Å². The van der Waals surface area contributed by atoms with Gasteiger partial charge in [-0.3, -0.25) is 0 Å². The predicted molar refractivity (Wildman–Crippen MR) is 65.0 cm³/mol. The van der Waals surface area contributed by atoms with Crippen LogP contribution in [-0.4, -0.2) is 28.3 Å². The van der Waals surface area contributed by atoms with Crippen molar-refractivity contribution in [3.8, 4) is 0 Å². The number of hydrogen-bond acceptors (Lipinski definition) is 3. The van der Waals surface area contributed by atoms with Crippen LogP contribution in [0.3, 0.4) is 0 Å².